The quantitative estimate of drug-likeness (QED) is 0.728. The van der Waals surface area contributed by atoms with Gasteiger partial charge in [0.25, 0.3) is 0 Å². The van der Waals surface area contributed by atoms with Crippen LogP contribution >= 0.6 is 11.3 Å². The van der Waals surface area contributed by atoms with Crippen LogP contribution in [0.5, 0.6) is 0 Å². The van der Waals surface area contributed by atoms with Crippen molar-refractivity contribution < 1.29 is 9.18 Å². The van der Waals surface area contributed by atoms with Gasteiger partial charge < -0.3 is 5.32 Å². The first-order valence-electron chi connectivity index (χ1n) is 7.64. The lowest BCUT2D eigenvalue weighted by Gasteiger charge is -2.07. The summed E-state index contributed by atoms with van der Waals surface area (Å²) in [4.78, 5) is 25.8. The zero-order valence-electron chi connectivity index (χ0n) is 13.3. The summed E-state index contributed by atoms with van der Waals surface area (Å²) in [6, 6.07) is 7.19. The molecule has 0 radical (unpaired) electrons. The summed E-state index contributed by atoms with van der Waals surface area (Å²) in [5.74, 6) is 0.589. The van der Waals surface area contributed by atoms with Crippen molar-refractivity contribution in [2.45, 2.75) is 6.92 Å². The average Bonchev–Trinajstić information content (AvgIpc) is 3.23. The number of ketones is 1. The predicted molar refractivity (Wildman–Crippen MR) is 96.9 cm³/mol. The summed E-state index contributed by atoms with van der Waals surface area (Å²) in [7, 11) is 0. The molecular weight excluding hydrogens is 339 g/mol. The van der Waals surface area contributed by atoms with Gasteiger partial charge in [0.2, 0.25) is 11.6 Å². The molecule has 0 atom stereocenters. The minimum atomic E-state index is -0.394. The van der Waals surface area contributed by atoms with Gasteiger partial charge in [-0.1, -0.05) is 0 Å². The van der Waals surface area contributed by atoms with E-state index >= 15 is 0 Å². The third-order valence-corrected chi connectivity index (χ3v) is 4.65. The van der Waals surface area contributed by atoms with E-state index in [-0.39, 0.29) is 11.6 Å². The first-order valence-corrected chi connectivity index (χ1v) is 8.52. The Kier molecular flexibility index (Phi) is 3.85. The van der Waals surface area contributed by atoms with Crippen LogP contribution in [-0.2, 0) is 0 Å². The first-order chi connectivity index (χ1) is 12.1. The van der Waals surface area contributed by atoms with Gasteiger partial charge in [0.05, 0.1) is 16.8 Å². The van der Waals surface area contributed by atoms with Crippen LogP contribution in [0, 0.1) is 5.82 Å². The molecule has 0 unspecified atom stereocenters. The number of nitrogens with zero attached hydrogens (tertiary/aromatic N) is 3. The molecule has 1 aliphatic rings. The number of amidine groups is 1. The molecule has 25 heavy (non-hydrogen) atoms. The molecule has 3 heterocycles. The van der Waals surface area contributed by atoms with E-state index in [1.165, 1.54) is 35.6 Å². The van der Waals surface area contributed by atoms with Crippen molar-refractivity contribution in [3.05, 3.63) is 64.6 Å². The Balaban J connectivity index is 1.75. The number of nitrogens with one attached hydrogen (secondary N) is 1. The number of benzene rings is 1. The summed E-state index contributed by atoms with van der Waals surface area (Å²) in [5, 5.41) is 5.07. The van der Waals surface area contributed by atoms with Gasteiger partial charge in [-0.3, -0.25) is 9.79 Å². The number of rotatable bonds is 3. The van der Waals surface area contributed by atoms with Crippen molar-refractivity contribution >= 4 is 39.0 Å². The number of halogens is 1. The fourth-order valence-corrected chi connectivity index (χ4v) is 3.29. The number of carbonyl (C=O) groups excluding carboxylic acids is 1. The van der Waals surface area contributed by atoms with Crippen molar-refractivity contribution in [3.8, 4) is 0 Å². The van der Waals surface area contributed by atoms with Crippen LogP contribution in [0.25, 0.3) is 10.2 Å². The zero-order valence-corrected chi connectivity index (χ0v) is 14.1. The van der Waals surface area contributed by atoms with E-state index in [9.17, 15) is 9.18 Å². The highest BCUT2D eigenvalue weighted by molar-refractivity contribution is 7.17. The zero-order chi connectivity index (χ0) is 17.4. The largest absolute Gasteiger partial charge is 0.324 e. The molecule has 0 fully saturated rings. The Morgan fingerprint density at radius 3 is 2.72 bits per heavy atom. The molecule has 4 rings (SSSR count). The lowest BCUT2D eigenvalue weighted by atomic mass is 10.1. The molecule has 124 valence electrons. The lowest BCUT2D eigenvalue weighted by molar-refractivity contribution is 0.103. The van der Waals surface area contributed by atoms with E-state index in [4.69, 9.17) is 0 Å². The Morgan fingerprint density at radius 1 is 1.20 bits per heavy atom. The highest BCUT2D eigenvalue weighted by Crippen LogP contribution is 2.27. The molecule has 5 nitrogen and oxygen atoms in total. The number of aromatic nitrogens is 2. The second-order valence-electron chi connectivity index (χ2n) is 5.68. The van der Waals surface area contributed by atoms with Gasteiger partial charge >= 0.3 is 0 Å². The van der Waals surface area contributed by atoms with Gasteiger partial charge in [-0.25, -0.2) is 14.4 Å². The van der Waals surface area contributed by atoms with Gasteiger partial charge in [0.1, 0.15) is 11.7 Å². The number of aliphatic imine (C=N–C) groups is 1. The molecule has 0 spiro atoms. The number of hydrogen-bond donors (Lipinski definition) is 1. The highest BCUT2D eigenvalue weighted by Gasteiger charge is 2.18. The second kappa shape index (κ2) is 6.18. The van der Waals surface area contributed by atoms with Gasteiger partial charge in [-0.05, 0) is 54.3 Å². The minimum Gasteiger partial charge on any atom is -0.324 e. The Morgan fingerprint density at radius 2 is 2.00 bits per heavy atom. The molecule has 2 aromatic heterocycles. The van der Waals surface area contributed by atoms with Gasteiger partial charge in [-0.2, -0.15) is 0 Å². The van der Waals surface area contributed by atoms with Crippen molar-refractivity contribution in [3.63, 3.8) is 0 Å². The number of hydrogen-bond acceptors (Lipinski definition) is 6. The number of anilines is 1. The fraction of sp³-hybridized carbons (Fsp3) is 0.111. The molecule has 1 N–H and O–H groups in total. The van der Waals surface area contributed by atoms with Gasteiger partial charge in [-0.15, -0.1) is 11.3 Å². The normalized spacial score (nSPS) is 13.7. The van der Waals surface area contributed by atoms with Crippen LogP contribution in [0.15, 0.2) is 52.4 Å². The van der Waals surface area contributed by atoms with Crippen molar-refractivity contribution in [2.75, 3.05) is 11.9 Å². The molecular formula is C18H13FN4OS. The minimum absolute atomic E-state index is 0.0688. The summed E-state index contributed by atoms with van der Waals surface area (Å²) in [5.41, 5.74) is 2.18. The van der Waals surface area contributed by atoms with Crippen molar-refractivity contribution in [2.24, 2.45) is 4.99 Å². The molecule has 3 aromatic rings. The van der Waals surface area contributed by atoms with Gasteiger partial charge in [0.15, 0.2) is 5.82 Å². The standard InChI is InChI=1S/C18H13FN4OS/c1-10-8-14(20-9-10)22-18-16-13(6-7-25-16)21-17(23-18)15(24)11-2-4-12(19)5-3-11/h2-8H,9H2,1H3,(H,20,21,22,23). The first kappa shape index (κ1) is 15.6. The van der Waals surface area contributed by atoms with Crippen LogP contribution in [0.3, 0.4) is 0 Å². The fourth-order valence-electron chi connectivity index (χ4n) is 2.51. The smallest absolute Gasteiger partial charge is 0.230 e. The maximum Gasteiger partial charge on any atom is 0.230 e. The second-order valence-corrected chi connectivity index (χ2v) is 6.60. The van der Waals surface area contributed by atoms with Crippen LogP contribution in [-0.4, -0.2) is 28.1 Å². The molecule has 7 heteroatoms. The molecule has 1 aliphatic heterocycles. The average molecular weight is 352 g/mol. The topological polar surface area (TPSA) is 67.2 Å². The molecule has 0 bridgehead atoms. The van der Waals surface area contributed by atoms with E-state index in [0.29, 0.717) is 29.3 Å². The van der Waals surface area contributed by atoms with Gasteiger partial charge in [0, 0.05) is 5.56 Å². The Hall–Kier alpha value is -2.93. The van der Waals surface area contributed by atoms with Crippen molar-refractivity contribution in [1.29, 1.82) is 0 Å². The van der Waals surface area contributed by atoms with E-state index in [2.05, 4.69) is 20.3 Å². The summed E-state index contributed by atoms with van der Waals surface area (Å²) < 4.78 is 13.9. The van der Waals surface area contributed by atoms with Crippen LogP contribution in [0.1, 0.15) is 23.1 Å². The monoisotopic (exact) mass is 352 g/mol. The molecule has 0 aliphatic carbocycles. The predicted octanol–water partition coefficient (Wildman–Crippen LogP) is 3.83. The molecule has 0 amide bonds. The van der Waals surface area contributed by atoms with Crippen LogP contribution in [0.4, 0.5) is 10.2 Å². The number of carbonyl (C=O) groups is 1. The van der Waals surface area contributed by atoms with E-state index < -0.39 is 5.82 Å². The maximum absolute atomic E-state index is 13.1. The number of fused-ring (bicyclic) bond motifs is 1. The van der Waals surface area contributed by atoms with Crippen LogP contribution in [0.2, 0.25) is 0 Å². The number of thiophene rings is 1. The molecule has 1 aromatic carbocycles. The van der Waals surface area contributed by atoms with E-state index in [0.717, 1.165) is 10.3 Å². The Labute approximate surface area is 147 Å². The Bertz CT molecular complexity index is 1040. The SMILES string of the molecule is CC1=CC(Nc2nc(C(=O)c3ccc(F)cc3)nc3ccsc23)=NC1. The van der Waals surface area contributed by atoms with Crippen molar-refractivity contribution in [1.82, 2.24) is 9.97 Å². The third kappa shape index (κ3) is 3.06. The summed E-state index contributed by atoms with van der Waals surface area (Å²) in [6.45, 7) is 2.66. The molecule has 0 saturated heterocycles. The van der Waals surface area contributed by atoms with Crippen LogP contribution < -0.4 is 5.32 Å². The molecule has 0 saturated carbocycles. The summed E-state index contributed by atoms with van der Waals surface area (Å²) >= 11 is 1.49. The summed E-state index contributed by atoms with van der Waals surface area (Å²) in [6.07, 6.45) is 1.95. The maximum atomic E-state index is 13.1. The van der Waals surface area contributed by atoms with E-state index in [1.54, 1.807) is 0 Å². The van der Waals surface area contributed by atoms with E-state index in [1.807, 2.05) is 24.4 Å². The lowest BCUT2D eigenvalue weighted by Crippen LogP contribution is -2.13. The third-order valence-electron chi connectivity index (χ3n) is 3.74. The highest BCUT2D eigenvalue weighted by atomic mass is 32.1.